The number of fused-ring (bicyclic) bond motifs is 1. The Morgan fingerprint density at radius 1 is 1.08 bits per heavy atom. The van der Waals surface area contributed by atoms with Gasteiger partial charge >= 0.3 is 0 Å². The number of hydrogen-bond acceptors (Lipinski definition) is 5. The molecule has 3 aliphatic rings. The maximum atomic E-state index is 10.3. The van der Waals surface area contributed by atoms with Crippen molar-refractivity contribution in [3.05, 3.63) is 35.5 Å². The molecular weight excluding hydrogens is 320 g/mol. The fraction of sp³-hybridized carbons (Fsp3) is 0.700. The van der Waals surface area contributed by atoms with Gasteiger partial charge in [0.2, 0.25) is 0 Å². The highest BCUT2D eigenvalue weighted by Gasteiger charge is 2.43. The predicted molar refractivity (Wildman–Crippen MR) is 94.6 cm³/mol. The first-order valence-electron chi connectivity index (χ1n) is 9.28. The summed E-state index contributed by atoms with van der Waals surface area (Å²) in [5.41, 5.74) is 2.35. The van der Waals surface area contributed by atoms with Gasteiger partial charge in [0.15, 0.2) is 0 Å². The summed E-state index contributed by atoms with van der Waals surface area (Å²) < 4.78 is 0. The summed E-state index contributed by atoms with van der Waals surface area (Å²) in [4.78, 5) is 0. The molecule has 3 saturated carbocycles. The zero-order chi connectivity index (χ0) is 18.3. The van der Waals surface area contributed by atoms with Gasteiger partial charge in [0.25, 0.3) is 0 Å². The molecule has 8 atom stereocenters. The molecule has 0 aliphatic heterocycles. The average Bonchev–Trinajstić information content (AvgIpc) is 2.98. The van der Waals surface area contributed by atoms with Gasteiger partial charge in [-0.2, -0.15) is 0 Å². The average molecular weight is 350 g/mol. The molecule has 0 heterocycles. The highest BCUT2D eigenvalue weighted by Crippen LogP contribution is 2.49. The Bertz CT molecular complexity index is 579. The topological polar surface area (TPSA) is 101 Å². The van der Waals surface area contributed by atoms with Gasteiger partial charge in [-0.25, -0.2) is 0 Å². The molecule has 0 radical (unpaired) electrons. The van der Waals surface area contributed by atoms with Crippen molar-refractivity contribution in [1.29, 1.82) is 0 Å². The van der Waals surface area contributed by atoms with Crippen molar-refractivity contribution in [2.75, 3.05) is 0 Å². The van der Waals surface area contributed by atoms with E-state index in [9.17, 15) is 25.5 Å². The third kappa shape index (κ3) is 3.62. The molecule has 0 aromatic rings. The van der Waals surface area contributed by atoms with Crippen LogP contribution in [0.1, 0.15) is 39.0 Å². The molecule has 25 heavy (non-hydrogen) atoms. The molecule has 140 valence electrons. The number of allylic oxidation sites excluding steroid dienone is 2. The molecule has 8 unspecified atom stereocenters. The van der Waals surface area contributed by atoms with Crippen LogP contribution in [0.2, 0.25) is 0 Å². The molecule has 3 rings (SSSR count). The fourth-order valence-electron chi connectivity index (χ4n) is 4.98. The smallest absolute Gasteiger partial charge is 0.110 e. The second-order valence-electron chi connectivity index (χ2n) is 8.01. The van der Waals surface area contributed by atoms with E-state index >= 15 is 0 Å². The van der Waals surface area contributed by atoms with Crippen molar-refractivity contribution in [3.8, 4) is 0 Å². The largest absolute Gasteiger partial charge is 0.393 e. The molecule has 3 fully saturated rings. The normalized spacial score (nSPS) is 46.5. The van der Waals surface area contributed by atoms with E-state index < -0.39 is 24.4 Å². The summed E-state index contributed by atoms with van der Waals surface area (Å²) in [7, 11) is 0. The quantitative estimate of drug-likeness (QED) is 0.513. The Labute approximate surface area is 149 Å². The second-order valence-corrected chi connectivity index (χ2v) is 8.01. The lowest BCUT2D eigenvalue weighted by atomic mass is 9.72. The maximum Gasteiger partial charge on any atom is 0.110 e. The van der Waals surface area contributed by atoms with Crippen LogP contribution < -0.4 is 0 Å². The molecule has 0 spiro atoms. The maximum absolute atomic E-state index is 10.3. The molecule has 3 aliphatic carbocycles. The molecule has 0 aromatic carbocycles. The summed E-state index contributed by atoms with van der Waals surface area (Å²) in [5, 5.41) is 49.9. The van der Waals surface area contributed by atoms with Crippen molar-refractivity contribution in [2.24, 2.45) is 17.8 Å². The van der Waals surface area contributed by atoms with Gasteiger partial charge in [-0.15, -0.1) is 0 Å². The second kappa shape index (κ2) is 7.33. The lowest BCUT2D eigenvalue weighted by Crippen LogP contribution is -2.43. The first-order valence-corrected chi connectivity index (χ1v) is 9.28. The third-order valence-electron chi connectivity index (χ3n) is 6.40. The molecule has 5 N–H and O–H groups in total. The molecule has 5 nitrogen and oxygen atoms in total. The minimum absolute atomic E-state index is 0.236. The molecular formula is C20H30O5. The van der Waals surface area contributed by atoms with E-state index in [1.807, 2.05) is 19.1 Å². The van der Waals surface area contributed by atoms with Gasteiger partial charge in [-0.05, 0) is 61.5 Å². The van der Waals surface area contributed by atoms with E-state index in [0.717, 1.165) is 24.8 Å². The van der Waals surface area contributed by atoms with Crippen LogP contribution in [0.15, 0.2) is 35.5 Å². The van der Waals surface area contributed by atoms with Crippen LogP contribution in [0, 0.1) is 17.8 Å². The Balaban J connectivity index is 1.81. The van der Waals surface area contributed by atoms with E-state index in [1.165, 1.54) is 5.57 Å². The van der Waals surface area contributed by atoms with Crippen LogP contribution >= 0.6 is 0 Å². The van der Waals surface area contributed by atoms with Crippen LogP contribution in [0.3, 0.4) is 0 Å². The minimum atomic E-state index is -1.19. The van der Waals surface area contributed by atoms with E-state index in [0.29, 0.717) is 23.8 Å². The molecule has 0 amide bonds. The van der Waals surface area contributed by atoms with Crippen molar-refractivity contribution in [3.63, 3.8) is 0 Å². The Morgan fingerprint density at radius 3 is 2.48 bits per heavy atom. The summed E-state index contributed by atoms with van der Waals surface area (Å²) in [6.07, 6.45) is 3.38. The summed E-state index contributed by atoms with van der Waals surface area (Å²) in [5.74, 6) is 0.914. The van der Waals surface area contributed by atoms with E-state index in [-0.39, 0.29) is 18.4 Å². The van der Waals surface area contributed by atoms with Crippen molar-refractivity contribution in [1.82, 2.24) is 0 Å². The highest BCUT2D eigenvalue weighted by atomic mass is 16.4. The fourth-order valence-corrected chi connectivity index (χ4v) is 4.98. The summed E-state index contributed by atoms with van der Waals surface area (Å²) >= 11 is 0. The first kappa shape index (κ1) is 18.8. The van der Waals surface area contributed by atoms with Crippen molar-refractivity contribution < 1.29 is 25.5 Å². The number of hydrogen-bond donors (Lipinski definition) is 5. The molecule has 0 aromatic heterocycles. The summed E-state index contributed by atoms with van der Waals surface area (Å²) in [6.45, 7) is 5.67. The Morgan fingerprint density at radius 2 is 1.80 bits per heavy atom. The predicted octanol–water partition coefficient (Wildman–Crippen LogP) is 1.06. The van der Waals surface area contributed by atoms with Gasteiger partial charge in [0, 0.05) is 6.42 Å². The van der Waals surface area contributed by atoms with Gasteiger partial charge in [0.1, 0.15) is 12.2 Å². The van der Waals surface area contributed by atoms with E-state index in [4.69, 9.17) is 0 Å². The zero-order valence-corrected chi connectivity index (χ0v) is 14.8. The van der Waals surface area contributed by atoms with Gasteiger partial charge < -0.3 is 25.5 Å². The van der Waals surface area contributed by atoms with Gasteiger partial charge in [-0.3, -0.25) is 0 Å². The van der Waals surface area contributed by atoms with Crippen LogP contribution in [0.4, 0.5) is 0 Å². The SMILES string of the molecule is C=C1/C(=C\C=C2/CC(O)CC3C2CCC3C(C)O)CC(O)C(O)C1O. The Kier molecular flexibility index (Phi) is 5.51. The van der Waals surface area contributed by atoms with Crippen molar-refractivity contribution in [2.45, 2.75) is 69.5 Å². The summed E-state index contributed by atoms with van der Waals surface area (Å²) in [6, 6.07) is 0. The Hall–Kier alpha value is -0.980. The number of rotatable bonds is 2. The van der Waals surface area contributed by atoms with Crippen LogP contribution in [-0.2, 0) is 0 Å². The van der Waals surface area contributed by atoms with Crippen LogP contribution in [0.25, 0.3) is 0 Å². The standard InChI is InChI=1S/C20H30O5/c1-10-12(8-18(23)20(25)19(10)24)3-4-13-7-14(22)9-17-15(11(2)21)5-6-16(13)17/h3-4,11,14-25H,1,5-9H2,2H3/b12-3-,13-4+. The third-order valence-corrected chi connectivity index (χ3v) is 6.40. The zero-order valence-electron chi connectivity index (χ0n) is 14.8. The van der Waals surface area contributed by atoms with Crippen LogP contribution in [-0.4, -0.2) is 56.1 Å². The van der Waals surface area contributed by atoms with Gasteiger partial charge in [0.05, 0.1) is 18.3 Å². The lowest BCUT2D eigenvalue weighted by Gasteiger charge is -2.35. The monoisotopic (exact) mass is 350 g/mol. The molecule has 0 saturated heterocycles. The lowest BCUT2D eigenvalue weighted by molar-refractivity contribution is -0.0530. The minimum Gasteiger partial charge on any atom is -0.393 e. The van der Waals surface area contributed by atoms with Crippen LogP contribution in [0.5, 0.6) is 0 Å². The van der Waals surface area contributed by atoms with Crippen molar-refractivity contribution >= 4 is 0 Å². The number of aliphatic hydroxyl groups excluding tert-OH is 5. The van der Waals surface area contributed by atoms with E-state index in [1.54, 1.807) is 0 Å². The molecule has 5 heteroatoms. The molecule has 0 bridgehead atoms. The first-order chi connectivity index (χ1) is 11.8. The van der Waals surface area contributed by atoms with E-state index in [2.05, 4.69) is 6.58 Å². The van der Waals surface area contributed by atoms with Gasteiger partial charge in [-0.1, -0.05) is 24.3 Å². The highest BCUT2D eigenvalue weighted by molar-refractivity contribution is 5.39. The number of aliphatic hydroxyl groups is 5.